The van der Waals surface area contributed by atoms with Crippen LogP contribution in [-0.4, -0.2) is 23.4 Å². The zero-order valence-electron chi connectivity index (χ0n) is 11.5. The third kappa shape index (κ3) is 3.62. The Kier molecular flexibility index (Phi) is 4.59. The molecule has 4 nitrogen and oxygen atoms in total. The number of hydrogen-bond acceptors (Lipinski definition) is 4. The van der Waals surface area contributed by atoms with Crippen molar-refractivity contribution in [2.24, 2.45) is 11.1 Å². The van der Waals surface area contributed by atoms with E-state index in [-0.39, 0.29) is 17.2 Å². The fraction of sp³-hybridized carbons (Fsp3) is 0.571. The Morgan fingerprint density at radius 3 is 2.39 bits per heavy atom. The molecule has 1 aromatic carbocycles. The second kappa shape index (κ2) is 5.59. The zero-order chi connectivity index (χ0) is 13.9. The molecular weight excluding hydrogens is 230 g/mol. The van der Waals surface area contributed by atoms with Crippen molar-refractivity contribution < 1.29 is 14.9 Å². The molecule has 0 aliphatic carbocycles. The Hall–Kier alpha value is -1.26. The topological polar surface area (TPSA) is 75.7 Å². The molecule has 0 aromatic heterocycles. The van der Waals surface area contributed by atoms with Crippen LogP contribution in [0.15, 0.2) is 18.2 Å². The highest BCUT2D eigenvalue weighted by Gasteiger charge is 2.24. The number of methoxy groups -OCH3 is 1. The van der Waals surface area contributed by atoms with Gasteiger partial charge in [-0.1, -0.05) is 26.8 Å². The van der Waals surface area contributed by atoms with Crippen LogP contribution in [0.3, 0.4) is 0 Å². The van der Waals surface area contributed by atoms with Gasteiger partial charge < -0.3 is 20.7 Å². The van der Waals surface area contributed by atoms with Crippen LogP contribution in [-0.2, 0) is 0 Å². The van der Waals surface area contributed by atoms with Gasteiger partial charge in [0, 0.05) is 6.04 Å². The number of aromatic hydroxyl groups is 1. The van der Waals surface area contributed by atoms with E-state index in [2.05, 4.69) is 0 Å². The molecule has 0 fully saturated rings. The monoisotopic (exact) mass is 253 g/mol. The number of phenols is 1. The van der Waals surface area contributed by atoms with Gasteiger partial charge in [0.05, 0.1) is 13.2 Å². The van der Waals surface area contributed by atoms with Crippen molar-refractivity contribution >= 4 is 0 Å². The molecule has 4 N–H and O–H groups in total. The number of aliphatic hydroxyl groups excluding tert-OH is 1. The minimum absolute atomic E-state index is 0.0263. The summed E-state index contributed by atoms with van der Waals surface area (Å²) >= 11 is 0. The number of ether oxygens (including phenoxy) is 1. The molecule has 102 valence electrons. The molecule has 0 saturated carbocycles. The third-order valence-electron chi connectivity index (χ3n) is 3.18. The van der Waals surface area contributed by atoms with Crippen LogP contribution in [0, 0.1) is 5.41 Å². The minimum Gasteiger partial charge on any atom is -0.504 e. The van der Waals surface area contributed by atoms with Gasteiger partial charge in [-0.25, -0.2) is 0 Å². The lowest BCUT2D eigenvalue weighted by Crippen LogP contribution is -2.36. The van der Waals surface area contributed by atoms with Crippen molar-refractivity contribution in [3.8, 4) is 11.5 Å². The Morgan fingerprint density at radius 1 is 1.33 bits per heavy atom. The largest absolute Gasteiger partial charge is 0.504 e. The summed E-state index contributed by atoms with van der Waals surface area (Å²) in [6.07, 6.45) is -0.231. The van der Waals surface area contributed by atoms with Gasteiger partial charge in [0.25, 0.3) is 0 Å². The average molecular weight is 253 g/mol. The van der Waals surface area contributed by atoms with E-state index in [9.17, 15) is 10.2 Å². The van der Waals surface area contributed by atoms with E-state index in [4.69, 9.17) is 10.5 Å². The van der Waals surface area contributed by atoms with Crippen molar-refractivity contribution in [2.45, 2.75) is 39.3 Å². The molecule has 0 radical (unpaired) electrons. The fourth-order valence-corrected chi connectivity index (χ4v) is 1.64. The van der Waals surface area contributed by atoms with Crippen molar-refractivity contribution in [2.75, 3.05) is 7.11 Å². The average Bonchev–Trinajstić information content (AvgIpc) is 2.27. The summed E-state index contributed by atoms with van der Waals surface area (Å²) in [5.74, 6) is 0.421. The summed E-state index contributed by atoms with van der Waals surface area (Å²) in [6, 6.07) is 4.77. The first-order valence-electron chi connectivity index (χ1n) is 6.06. The predicted octanol–water partition coefficient (Wildman–Crippen LogP) is 2.20. The summed E-state index contributed by atoms with van der Waals surface area (Å²) in [6.45, 7) is 6.11. The van der Waals surface area contributed by atoms with Crippen LogP contribution >= 0.6 is 0 Å². The molecule has 4 heteroatoms. The standard InChI is InChI=1S/C14H23NO3/c1-14(2,3)13(15)8-10(16)9-5-6-12(18-4)11(17)7-9/h5-7,10,13,16-17H,8,15H2,1-4H3/t10-,13-/m0/s1. The van der Waals surface area contributed by atoms with Crippen molar-refractivity contribution in [3.63, 3.8) is 0 Å². The summed E-state index contributed by atoms with van der Waals surface area (Å²) in [5, 5.41) is 19.8. The number of phenolic OH excluding ortho intramolecular Hbond substituents is 1. The van der Waals surface area contributed by atoms with Crippen LogP contribution in [0.25, 0.3) is 0 Å². The maximum atomic E-state index is 10.1. The van der Waals surface area contributed by atoms with E-state index >= 15 is 0 Å². The Bertz CT molecular complexity index is 399. The summed E-state index contributed by atoms with van der Waals surface area (Å²) in [7, 11) is 1.49. The highest BCUT2D eigenvalue weighted by Crippen LogP contribution is 2.32. The molecule has 1 rings (SSSR count). The van der Waals surface area contributed by atoms with Gasteiger partial charge in [0.2, 0.25) is 0 Å². The van der Waals surface area contributed by atoms with E-state index in [1.807, 2.05) is 20.8 Å². The molecule has 2 atom stereocenters. The van der Waals surface area contributed by atoms with E-state index in [0.717, 1.165) is 0 Å². The maximum Gasteiger partial charge on any atom is 0.160 e. The Balaban J connectivity index is 2.79. The normalized spacial score (nSPS) is 15.2. The van der Waals surface area contributed by atoms with Gasteiger partial charge in [0.1, 0.15) is 0 Å². The second-order valence-corrected chi connectivity index (χ2v) is 5.66. The molecule has 0 spiro atoms. The van der Waals surface area contributed by atoms with Gasteiger partial charge in [-0.2, -0.15) is 0 Å². The van der Waals surface area contributed by atoms with Crippen molar-refractivity contribution in [1.29, 1.82) is 0 Å². The van der Waals surface area contributed by atoms with Crippen LogP contribution in [0.5, 0.6) is 11.5 Å². The molecule has 0 saturated heterocycles. The Morgan fingerprint density at radius 2 is 1.94 bits per heavy atom. The van der Waals surface area contributed by atoms with Crippen LogP contribution in [0.4, 0.5) is 0 Å². The van der Waals surface area contributed by atoms with Gasteiger partial charge in [0.15, 0.2) is 11.5 Å². The maximum absolute atomic E-state index is 10.1. The first-order chi connectivity index (χ1) is 8.25. The number of nitrogens with two attached hydrogens (primary N) is 1. The van der Waals surface area contributed by atoms with E-state index < -0.39 is 6.10 Å². The Labute approximate surface area is 108 Å². The minimum atomic E-state index is -0.684. The molecule has 0 aliphatic rings. The quantitative estimate of drug-likeness (QED) is 0.769. The highest BCUT2D eigenvalue weighted by atomic mass is 16.5. The molecule has 0 unspecified atom stereocenters. The molecule has 0 bridgehead atoms. The number of aliphatic hydroxyl groups is 1. The number of benzene rings is 1. The highest BCUT2D eigenvalue weighted by molar-refractivity contribution is 5.42. The first-order valence-corrected chi connectivity index (χ1v) is 6.06. The van der Waals surface area contributed by atoms with Crippen molar-refractivity contribution in [3.05, 3.63) is 23.8 Å². The molecule has 0 amide bonds. The zero-order valence-corrected chi connectivity index (χ0v) is 11.5. The molecule has 18 heavy (non-hydrogen) atoms. The van der Waals surface area contributed by atoms with E-state index in [0.29, 0.717) is 17.7 Å². The summed E-state index contributed by atoms with van der Waals surface area (Å²) < 4.78 is 4.96. The fourth-order valence-electron chi connectivity index (χ4n) is 1.64. The van der Waals surface area contributed by atoms with Crippen LogP contribution < -0.4 is 10.5 Å². The lowest BCUT2D eigenvalue weighted by Gasteiger charge is -2.29. The van der Waals surface area contributed by atoms with E-state index in [1.165, 1.54) is 13.2 Å². The summed E-state index contributed by atoms with van der Waals surface area (Å²) in [5.41, 5.74) is 6.62. The van der Waals surface area contributed by atoms with Crippen LogP contribution in [0.1, 0.15) is 38.9 Å². The molecule has 0 aliphatic heterocycles. The molecule has 1 aromatic rings. The first kappa shape index (κ1) is 14.8. The van der Waals surface area contributed by atoms with Gasteiger partial charge >= 0.3 is 0 Å². The summed E-state index contributed by atoms with van der Waals surface area (Å²) in [4.78, 5) is 0. The molecule has 0 heterocycles. The number of hydrogen-bond donors (Lipinski definition) is 3. The smallest absolute Gasteiger partial charge is 0.160 e. The number of rotatable bonds is 4. The van der Waals surface area contributed by atoms with Crippen LogP contribution in [0.2, 0.25) is 0 Å². The lowest BCUT2D eigenvalue weighted by atomic mass is 9.83. The third-order valence-corrected chi connectivity index (χ3v) is 3.18. The lowest BCUT2D eigenvalue weighted by molar-refractivity contribution is 0.133. The second-order valence-electron chi connectivity index (χ2n) is 5.66. The van der Waals surface area contributed by atoms with Crippen molar-refractivity contribution in [1.82, 2.24) is 0 Å². The van der Waals surface area contributed by atoms with Gasteiger partial charge in [-0.05, 0) is 29.5 Å². The van der Waals surface area contributed by atoms with E-state index in [1.54, 1.807) is 12.1 Å². The SMILES string of the molecule is COc1ccc([C@@H](O)C[C@H](N)C(C)(C)C)cc1O. The van der Waals surface area contributed by atoms with Gasteiger partial charge in [-0.15, -0.1) is 0 Å². The predicted molar refractivity (Wildman–Crippen MR) is 71.7 cm³/mol. The van der Waals surface area contributed by atoms with Gasteiger partial charge in [-0.3, -0.25) is 0 Å². The molecular formula is C14H23NO3.